The van der Waals surface area contributed by atoms with Gasteiger partial charge in [0.1, 0.15) is 0 Å². The van der Waals surface area contributed by atoms with Gasteiger partial charge in [0.05, 0.1) is 13.2 Å². The van der Waals surface area contributed by atoms with Crippen LogP contribution < -0.4 is 10.2 Å². The van der Waals surface area contributed by atoms with Gasteiger partial charge in [-0.3, -0.25) is 0 Å². The van der Waals surface area contributed by atoms with Crippen molar-refractivity contribution < 1.29 is 9.53 Å². The number of amides is 2. The molecular weight excluding hydrogens is 312 g/mol. The molecule has 2 aliphatic rings. The molecule has 0 saturated carbocycles. The summed E-state index contributed by atoms with van der Waals surface area (Å²) in [7, 11) is 0. The number of anilines is 1. The van der Waals surface area contributed by atoms with E-state index in [9.17, 15) is 4.79 Å². The lowest BCUT2D eigenvalue weighted by atomic mass is 9.80. The number of hydrogen-bond donors (Lipinski definition) is 1. The summed E-state index contributed by atoms with van der Waals surface area (Å²) in [6, 6.07) is 0.210. The molecule has 23 heavy (non-hydrogen) atoms. The Balaban J connectivity index is 1.72. The van der Waals surface area contributed by atoms with Crippen LogP contribution in [0.2, 0.25) is 0 Å². The van der Waals surface area contributed by atoms with Crippen LogP contribution in [0.15, 0.2) is 11.6 Å². The van der Waals surface area contributed by atoms with E-state index in [0.29, 0.717) is 0 Å². The van der Waals surface area contributed by atoms with Crippen molar-refractivity contribution in [2.45, 2.75) is 32.7 Å². The standard InChI is InChI=1S/C16H26N4O2S/c1-13(2)18-14(21)19-6-3-4-16(10-19)11-20(7-8-22-12-16)15-17-5-9-23-15/h5,9,13H,3-4,6-8,10-12H2,1-2H3,(H,18,21). The number of nitrogens with zero attached hydrogens (tertiary/aromatic N) is 3. The van der Waals surface area contributed by atoms with E-state index in [2.05, 4.69) is 15.2 Å². The van der Waals surface area contributed by atoms with Gasteiger partial charge in [-0.05, 0) is 26.7 Å². The third-order valence-electron chi connectivity index (χ3n) is 4.49. The van der Waals surface area contributed by atoms with Crippen molar-refractivity contribution in [2.24, 2.45) is 5.41 Å². The topological polar surface area (TPSA) is 57.7 Å². The summed E-state index contributed by atoms with van der Waals surface area (Å²) >= 11 is 1.67. The summed E-state index contributed by atoms with van der Waals surface area (Å²) in [4.78, 5) is 21.1. The molecule has 2 aliphatic heterocycles. The van der Waals surface area contributed by atoms with Crippen LogP contribution >= 0.6 is 11.3 Å². The summed E-state index contributed by atoms with van der Waals surface area (Å²) in [5.41, 5.74) is 0.00867. The number of piperidine rings is 1. The number of likely N-dealkylation sites (tertiary alicyclic amines) is 1. The molecule has 6 nitrogen and oxygen atoms in total. The van der Waals surface area contributed by atoms with E-state index in [4.69, 9.17) is 4.74 Å². The molecule has 2 amide bonds. The zero-order valence-corrected chi connectivity index (χ0v) is 14.8. The second-order valence-corrected chi connectivity index (χ2v) is 7.79. The average Bonchev–Trinajstić information content (AvgIpc) is 2.97. The molecule has 0 aliphatic carbocycles. The first-order valence-corrected chi connectivity index (χ1v) is 9.24. The second-order valence-electron chi connectivity index (χ2n) is 6.92. The van der Waals surface area contributed by atoms with Gasteiger partial charge < -0.3 is 19.9 Å². The third kappa shape index (κ3) is 3.95. The number of ether oxygens (including phenoxy) is 1. The van der Waals surface area contributed by atoms with Crippen LogP contribution in [0.5, 0.6) is 0 Å². The number of rotatable bonds is 2. The first-order chi connectivity index (χ1) is 11.1. The molecule has 0 radical (unpaired) electrons. The van der Waals surface area contributed by atoms with E-state index in [-0.39, 0.29) is 17.5 Å². The SMILES string of the molecule is CC(C)NC(=O)N1CCCC2(COCCN(c3nccs3)C2)C1. The van der Waals surface area contributed by atoms with Crippen LogP contribution in [0, 0.1) is 5.41 Å². The molecule has 7 heteroatoms. The Morgan fingerprint density at radius 2 is 2.30 bits per heavy atom. The fraction of sp³-hybridized carbons (Fsp3) is 0.750. The van der Waals surface area contributed by atoms with E-state index in [1.165, 1.54) is 0 Å². The molecule has 1 aromatic rings. The van der Waals surface area contributed by atoms with Gasteiger partial charge in [0.15, 0.2) is 5.13 Å². The van der Waals surface area contributed by atoms with Gasteiger partial charge in [-0.1, -0.05) is 0 Å². The lowest BCUT2D eigenvalue weighted by molar-refractivity contribution is 0.0242. The minimum atomic E-state index is 0.00867. The molecule has 1 spiro atoms. The zero-order valence-electron chi connectivity index (χ0n) is 14.0. The van der Waals surface area contributed by atoms with Crippen LogP contribution in [-0.4, -0.2) is 61.3 Å². The van der Waals surface area contributed by atoms with E-state index in [1.54, 1.807) is 11.3 Å². The van der Waals surface area contributed by atoms with Crippen LogP contribution in [0.1, 0.15) is 26.7 Å². The van der Waals surface area contributed by atoms with Crippen molar-refractivity contribution in [1.82, 2.24) is 15.2 Å². The summed E-state index contributed by atoms with van der Waals surface area (Å²) < 4.78 is 5.90. The molecule has 1 aromatic heterocycles. The van der Waals surface area contributed by atoms with Crippen LogP contribution in [-0.2, 0) is 4.74 Å². The summed E-state index contributed by atoms with van der Waals surface area (Å²) in [6.07, 6.45) is 3.97. The minimum absolute atomic E-state index is 0.00867. The lowest BCUT2D eigenvalue weighted by Crippen LogP contribution is -2.55. The maximum Gasteiger partial charge on any atom is 0.317 e. The molecule has 0 bridgehead atoms. The van der Waals surface area contributed by atoms with Gasteiger partial charge >= 0.3 is 6.03 Å². The Bertz CT molecular complexity index is 522. The van der Waals surface area contributed by atoms with Crippen LogP contribution in [0.3, 0.4) is 0 Å². The van der Waals surface area contributed by atoms with Crippen LogP contribution in [0.25, 0.3) is 0 Å². The number of carbonyl (C=O) groups is 1. The first kappa shape index (κ1) is 16.5. The van der Waals surface area contributed by atoms with Crippen molar-refractivity contribution in [1.29, 1.82) is 0 Å². The predicted molar refractivity (Wildman–Crippen MR) is 92.1 cm³/mol. The van der Waals surface area contributed by atoms with E-state index in [1.807, 2.05) is 30.3 Å². The number of nitrogens with one attached hydrogen (secondary N) is 1. The Morgan fingerprint density at radius 1 is 1.43 bits per heavy atom. The number of aromatic nitrogens is 1. The first-order valence-electron chi connectivity index (χ1n) is 8.36. The Kier molecular flexibility index (Phi) is 5.06. The van der Waals surface area contributed by atoms with E-state index >= 15 is 0 Å². The molecule has 2 saturated heterocycles. The zero-order chi connectivity index (χ0) is 16.3. The molecular formula is C16H26N4O2S. The lowest BCUT2D eigenvalue weighted by Gasteiger charge is -2.43. The highest BCUT2D eigenvalue weighted by Crippen LogP contribution is 2.35. The summed E-state index contributed by atoms with van der Waals surface area (Å²) in [5, 5.41) is 6.08. The van der Waals surface area contributed by atoms with E-state index in [0.717, 1.165) is 57.4 Å². The van der Waals surface area contributed by atoms with Gasteiger partial charge in [-0.2, -0.15) is 0 Å². The second kappa shape index (κ2) is 7.05. The molecule has 1 atom stereocenters. The largest absolute Gasteiger partial charge is 0.379 e. The monoisotopic (exact) mass is 338 g/mol. The van der Waals surface area contributed by atoms with Crippen molar-refractivity contribution in [3.8, 4) is 0 Å². The highest BCUT2D eigenvalue weighted by Gasteiger charge is 2.40. The maximum atomic E-state index is 12.4. The molecule has 3 rings (SSSR count). The Hall–Kier alpha value is -1.34. The molecule has 0 aromatic carbocycles. The smallest absolute Gasteiger partial charge is 0.317 e. The van der Waals surface area contributed by atoms with Crippen molar-refractivity contribution >= 4 is 22.5 Å². The number of urea groups is 1. The minimum Gasteiger partial charge on any atom is -0.379 e. The normalized spacial score (nSPS) is 25.7. The van der Waals surface area contributed by atoms with Crippen LogP contribution in [0.4, 0.5) is 9.93 Å². The van der Waals surface area contributed by atoms with Crippen molar-refractivity contribution in [2.75, 3.05) is 44.3 Å². The quantitative estimate of drug-likeness (QED) is 0.898. The highest BCUT2D eigenvalue weighted by molar-refractivity contribution is 7.13. The fourth-order valence-corrected chi connectivity index (χ4v) is 4.16. The molecule has 2 fully saturated rings. The fourth-order valence-electron chi connectivity index (χ4n) is 3.49. The van der Waals surface area contributed by atoms with Gasteiger partial charge in [-0.25, -0.2) is 9.78 Å². The number of carbonyl (C=O) groups excluding carboxylic acids is 1. The predicted octanol–water partition coefficient (Wildman–Crippen LogP) is 2.18. The number of hydrogen-bond acceptors (Lipinski definition) is 5. The third-order valence-corrected chi connectivity index (χ3v) is 5.32. The maximum absolute atomic E-state index is 12.4. The van der Waals surface area contributed by atoms with Crippen molar-refractivity contribution in [3.63, 3.8) is 0 Å². The Labute approximate surface area is 141 Å². The van der Waals surface area contributed by atoms with Gasteiger partial charge in [0.2, 0.25) is 0 Å². The Morgan fingerprint density at radius 3 is 3.04 bits per heavy atom. The highest BCUT2D eigenvalue weighted by atomic mass is 32.1. The average molecular weight is 338 g/mol. The van der Waals surface area contributed by atoms with Gasteiger partial charge in [0.25, 0.3) is 0 Å². The van der Waals surface area contributed by atoms with Gasteiger partial charge in [-0.15, -0.1) is 11.3 Å². The molecule has 128 valence electrons. The molecule has 3 heterocycles. The summed E-state index contributed by atoms with van der Waals surface area (Å²) in [6.45, 7) is 8.80. The van der Waals surface area contributed by atoms with Crippen molar-refractivity contribution in [3.05, 3.63) is 11.6 Å². The summed E-state index contributed by atoms with van der Waals surface area (Å²) in [5.74, 6) is 0. The van der Waals surface area contributed by atoms with E-state index < -0.39 is 0 Å². The van der Waals surface area contributed by atoms with Gasteiger partial charge in [0, 0.05) is 49.2 Å². The number of thiazole rings is 1. The molecule has 1 N–H and O–H groups in total. The molecule has 1 unspecified atom stereocenters.